The fourth-order valence-corrected chi connectivity index (χ4v) is 3.50. The summed E-state index contributed by atoms with van der Waals surface area (Å²) in [6.45, 7) is -0.415. The zero-order valence-electron chi connectivity index (χ0n) is 11.7. The Balaban J connectivity index is 2.68. The van der Waals surface area contributed by atoms with Crippen LogP contribution in [0.1, 0.15) is 5.56 Å². The summed E-state index contributed by atoms with van der Waals surface area (Å²) in [6, 6.07) is 10.9. The molecule has 0 fully saturated rings. The third kappa shape index (κ3) is 2.86. The maximum absolute atomic E-state index is 12.7. The lowest BCUT2D eigenvalue weighted by molar-refractivity contribution is 0.276. The Morgan fingerprint density at radius 1 is 1.00 bits per heavy atom. The Kier molecular flexibility index (Phi) is 4.50. The van der Waals surface area contributed by atoms with Gasteiger partial charge in [-0.3, -0.25) is 0 Å². The average molecular weight is 308 g/mol. The molecule has 112 valence electrons. The molecule has 0 bridgehead atoms. The van der Waals surface area contributed by atoms with Gasteiger partial charge >= 0.3 is 0 Å². The molecule has 0 aliphatic rings. The number of aliphatic hydroxyl groups is 1. The molecule has 0 aliphatic heterocycles. The summed E-state index contributed by atoms with van der Waals surface area (Å²) < 4.78 is 35.6. The van der Waals surface area contributed by atoms with Crippen molar-refractivity contribution >= 4 is 9.84 Å². The maximum Gasteiger partial charge on any atom is 0.207 e. The van der Waals surface area contributed by atoms with Gasteiger partial charge in [-0.05, 0) is 18.2 Å². The van der Waals surface area contributed by atoms with Gasteiger partial charge in [0.05, 0.1) is 30.6 Å². The molecule has 6 heteroatoms. The minimum Gasteiger partial charge on any atom is -0.493 e. The molecule has 0 saturated heterocycles. The van der Waals surface area contributed by atoms with E-state index in [9.17, 15) is 13.5 Å². The second kappa shape index (κ2) is 6.15. The zero-order valence-corrected chi connectivity index (χ0v) is 12.6. The lowest BCUT2D eigenvalue weighted by Crippen LogP contribution is -2.07. The summed E-state index contributed by atoms with van der Waals surface area (Å²) in [5, 5.41) is 9.45. The molecule has 1 N–H and O–H groups in total. The number of hydrogen-bond donors (Lipinski definition) is 1. The number of ether oxygens (including phenoxy) is 2. The molecule has 0 aliphatic carbocycles. The molecular formula is C15H16O5S. The van der Waals surface area contributed by atoms with Crippen molar-refractivity contribution in [3.63, 3.8) is 0 Å². The van der Waals surface area contributed by atoms with Crippen LogP contribution in [0.5, 0.6) is 11.5 Å². The predicted molar refractivity (Wildman–Crippen MR) is 77.4 cm³/mol. The number of aliphatic hydroxyl groups excluding tert-OH is 1. The van der Waals surface area contributed by atoms with Crippen molar-refractivity contribution in [3.05, 3.63) is 48.0 Å². The normalized spacial score (nSPS) is 11.2. The Bertz CT molecular complexity index is 723. The molecule has 5 nitrogen and oxygen atoms in total. The molecule has 2 aromatic rings. The van der Waals surface area contributed by atoms with E-state index in [-0.39, 0.29) is 15.4 Å². The van der Waals surface area contributed by atoms with Gasteiger partial charge < -0.3 is 14.6 Å². The fourth-order valence-electron chi connectivity index (χ4n) is 2.00. The van der Waals surface area contributed by atoms with E-state index >= 15 is 0 Å². The standard InChI is InChI=1S/C15H16O5S/c1-19-13-8-11(10-16)15(9-14(13)20-2)21(17,18)12-6-4-3-5-7-12/h3-9,16H,10H2,1-2H3. The van der Waals surface area contributed by atoms with Crippen LogP contribution in [0.15, 0.2) is 52.3 Å². The summed E-state index contributed by atoms with van der Waals surface area (Å²) in [6.07, 6.45) is 0. The van der Waals surface area contributed by atoms with Gasteiger partial charge in [0.25, 0.3) is 0 Å². The van der Waals surface area contributed by atoms with Crippen LogP contribution in [0.2, 0.25) is 0 Å². The van der Waals surface area contributed by atoms with Gasteiger partial charge in [0.2, 0.25) is 9.84 Å². The third-order valence-corrected chi connectivity index (χ3v) is 4.93. The first-order valence-corrected chi connectivity index (χ1v) is 7.68. The highest BCUT2D eigenvalue weighted by Crippen LogP contribution is 2.35. The Hall–Kier alpha value is -2.05. The van der Waals surface area contributed by atoms with Crippen molar-refractivity contribution in [3.8, 4) is 11.5 Å². The SMILES string of the molecule is COc1cc(CO)c(S(=O)(=O)c2ccccc2)cc1OC. The first-order valence-electron chi connectivity index (χ1n) is 6.20. The fraction of sp³-hybridized carbons (Fsp3) is 0.200. The number of rotatable bonds is 5. The summed E-state index contributed by atoms with van der Waals surface area (Å²) in [4.78, 5) is 0.167. The van der Waals surface area contributed by atoms with E-state index in [4.69, 9.17) is 9.47 Å². The first kappa shape index (κ1) is 15.3. The highest BCUT2D eigenvalue weighted by atomic mass is 32.2. The minimum absolute atomic E-state index is 0.00819. The Morgan fingerprint density at radius 2 is 1.57 bits per heavy atom. The Morgan fingerprint density at radius 3 is 2.10 bits per heavy atom. The number of hydrogen-bond acceptors (Lipinski definition) is 5. The largest absolute Gasteiger partial charge is 0.493 e. The van der Waals surface area contributed by atoms with Crippen LogP contribution >= 0.6 is 0 Å². The molecular weight excluding hydrogens is 292 g/mol. The zero-order chi connectivity index (χ0) is 15.5. The van der Waals surface area contributed by atoms with Crippen molar-refractivity contribution in [2.75, 3.05) is 14.2 Å². The number of sulfone groups is 1. The van der Waals surface area contributed by atoms with E-state index in [1.165, 1.54) is 38.5 Å². The van der Waals surface area contributed by atoms with Crippen molar-refractivity contribution in [1.82, 2.24) is 0 Å². The van der Waals surface area contributed by atoms with E-state index in [1.807, 2.05) is 0 Å². The van der Waals surface area contributed by atoms with Crippen molar-refractivity contribution in [2.24, 2.45) is 0 Å². The van der Waals surface area contributed by atoms with Gasteiger partial charge in [0, 0.05) is 11.6 Å². The molecule has 0 saturated carbocycles. The smallest absolute Gasteiger partial charge is 0.207 e. The monoisotopic (exact) mass is 308 g/mol. The summed E-state index contributed by atoms with van der Waals surface area (Å²) in [5.41, 5.74) is 0.261. The summed E-state index contributed by atoms with van der Waals surface area (Å²) in [5.74, 6) is 0.665. The van der Waals surface area contributed by atoms with E-state index in [1.54, 1.807) is 18.2 Å². The molecule has 0 amide bonds. The molecule has 0 atom stereocenters. The van der Waals surface area contributed by atoms with Crippen molar-refractivity contribution in [2.45, 2.75) is 16.4 Å². The molecule has 0 aromatic heterocycles. The van der Waals surface area contributed by atoms with E-state index in [0.29, 0.717) is 11.5 Å². The number of methoxy groups -OCH3 is 2. The van der Waals surface area contributed by atoms with Crippen LogP contribution in [-0.2, 0) is 16.4 Å². The third-order valence-electron chi connectivity index (χ3n) is 3.08. The van der Waals surface area contributed by atoms with Crippen LogP contribution in [0.4, 0.5) is 0 Å². The van der Waals surface area contributed by atoms with E-state index < -0.39 is 16.4 Å². The molecule has 2 aromatic carbocycles. The van der Waals surface area contributed by atoms with Crippen LogP contribution < -0.4 is 9.47 Å². The lowest BCUT2D eigenvalue weighted by atomic mass is 10.2. The van der Waals surface area contributed by atoms with Gasteiger partial charge in [0.1, 0.15) is 0 Å². The summed E-state index contributed by atoms with van der Waals surface area (Å²) in [7, 11) is -0.860. The van der Waals surface area contributed by atoms with Gasteiger partial charge in [-0.25, -0.2) is 8.42 Å². The molecule has 0 spiro atoms. The van der Waals surface area contributed by atoms with Crippen molar-refractivity contribution in [1.29, 1.82) is 0 Å². The lowest BCUT2D eigenvalue weighted by Gasteiger charge is -2.14. The van der Waals surface area contributed by atoms with Gasteiger partial charge in [0.15, 0.2) is 11.5 Å². The van der Waals surface area contributed by atoms with Crippen molar-refractivity contribution < 1.29 is 23.0 Å². The van der Waals surface area contributed by atoms with Crippen LogP contribution in [0.25, 0.3) is 0 Å². The van der Waals surface area contributed by atoms with Gasteiger partial charge in [-0.2, -0.15) is 0 Å². The predicted octanol–water partition coefficient (Wildman–Crippen LogP) is 2.03. The molecule has 21 heavy (non-hydrogen) atoms. The van der Waals surface area contributed by atoms with E-state index in [2.05, 4.69) is 0 Å². The first-order chi connectivity index (χ1) is 10.0. The maximum atomic E-state index is 12.7. The molecule has 2 rings (SSSR count). The van der Waals surface area contributed by atoms with Crippen LogP contribution in [0.3, 0.4) is 0 Å². The van der Waals surface area contributed by atoms with Gasteiger partial charge in [-0.1, -0.05) is 18.2 Å². The molecule has 0 radical (unpaired) electrons. The molecule has 0 heterocycles. The highest BCUT2D eigenvalue weighted by molar-refractivity contribution is 7.91. The number of benzene rings is 2. The quantitative estimate of drug-likeness (QED) is 0.915. The summed E-state index contributed by atoms with van der Waals surface area (Å²) >= 11 is 0. The highest BCUT2D eigenvalue weighted by Gasteiger charge is 2.23. The van der Waals surface area contributed by atoms with Crippen LogP contribution in [-0.4, -0.2) is 27.7 Å². The average Bonchev–Trinajstić information content (AvgIpc) is 2.54. The van der Waals surface area contributed by atoms with Crippen LogP contribution in [0, 0.1) is 0 Å². The minimum atomic E-state index is -3.73. The topological polar surface area (TPSA) is 72.8 Å². The second-order valence-corrected chi connectivity index (χ2v) is 6.21. The molecule has 0 unspecified atom stereocenters. The van der Waals surface area contributed by atoms with Gasteiger partial charge in [-0.15, -0.1) is 0 Å². The Labute approximate surface area is 123 Å². The second-order valence-electron chi connectivity index (χ2n) is 4.29. The van der Waals surface area contributed by atoms with E-state index in [0.717, 1.165) is 0 Å².